The molecule has 1 heterocycles. The molecule has 0 radical (unpaired) electrons. The number of aromatic nitrogens is 1. The predicted molar refractivity (Wildman–Crippen MR) is 78.3 cm³/mol. The zero-order chi connectivity index (χ0) is 13.8. The number of hydrogen-bond acceptors (Lipinski definition) is 2. The molecule has 2 aromatic rings. The van der Waals surface area contributed by atoms with Gasteiger partial charge in [0.25, 0.3) is 0 Å². The molecule has 0 aliphatic heterocycles. The van der Waals surface area contributed by atoms with Gasteiger partial charge >= 0.3 is 0 Å². The van der Waals surface area contributed by atoms with Gasteiger partial charge < -0.3 is 5.32 Å². The second-order valence-electron chi connectivity index (χ2n) is 4.54. The molecule has 0 bridgehead atoms. The monoisotopic (exact) mass is 322 g/mol. The molecule has 0 spiro atoms. The van der Waals surface area contributed by atoms with E-state index in [1.807, 2.05) is 18.2 Å². The molecule has 2 atom stereocenters. The molecule has 100 valence electrons. The van der Waals surface area contributed by atoms with Gasteiger partial charge in [-0.15, -0.1) is 0 Å². The van der Waals surface area contributed by atoms with Crippen LogP contribution in [-0.4, -0.2) is 4.98 Å². The zero-order valence-corrected chi connectivity index (χ0v) is 12.5. The second kappa shape index (κ2) is 6.26. The number of pyridine rings is 1. The molecule has 1 aromatic heterocycles. The lowest BCUT2D eigenvalue weighted by Crippen LogP contribution is -2.23. The van der Waals surface area contributed by atoms with Gasteiger partial charge in [0, 0.05) is 18.3 Å². The Hall–Kier alpha value is -1.26. The van der Waals surface area contributed by atoms with E-state index in [0.29, 0.717) is 4.47 Å². The summed E-state index contributed by atoms with van der Waals surface area (Å²) in [6.07, 6.45) is 1.78. The Balaban J connectivity index is 2.08. The van der Waals surface area contributed by atoms with E-state index < -0.39 is 0 Å². The zero-order valence-electron chi connectivity index (χ0n) is 10.9. The van der Waals surface area contributed by atoms with Crippen molar-refractivity contribution in [3.63, 3.8) is 0 Å². The Morgan fingerprint density at radius 3 is 2.58 bits per heavy atom. The van der Waals surface area contributed by atoms with Crippen molar-refractivity contribution in [1.82, 2.24) is 10.3 Å². The van der Waals surface area contributed by atoms with E-state index in [2.05, 4.69) is 40.1 Å². The van der Waals surface area contributed by atoms with Crippen LogP contribution in [0.2, 0.25) is 0 Å². The molecular formula is C15H16BrFN2. The van der Waals surface area contributed by atoms with Crippen LogP contribution in [0, 0.1) is 5.82 Å². The number of rotatable bonds is 4. The summed E-state index contributed by atoms with van der Waals surface area (Å²) < 4.78 is 13.7. The largest absolute Gasteiger partial charge is 0.302 e. The number of halogens is 2. The molecule has 4 heteroatoms. The van der Waals surface area contributed by atoms with E-state index >= 15 is 0 Å². The first-order valence-corrected chi connectivity index (χ1v) is 6.99. The van der Waals surface area contributed by atoms with Gasteiger partial charge in [-0.1, -0.05) is 12.1 Å². The van der Waals surface area contributed by atoms with Crippen LogP contribution >= 0.6 is 15.9 Å². The fraction of sp³-hybridized carbons (Fsp3) is 0.267. The molecule has 0 aliphatic rings. The second-order valence-corrected chi connectivity index (χ2v) is 5.39. The van der Waals surface area contributed by atoms with E-state index in [-0.39, 0.29) is 17.9 Å². The summed E-state index contributed by atoms with van der Waals surface area (Å²) in [6, 6.07) is 11.2. The maximum Gasteiger partial charge on any atom is 0.137 e. The molecule has 0 saturated heterocycles. The van der Waals surface area contributed by atoms with Crippen molar-refractivity contribution < 1.29 is 4.39 Å². The van der Waals surface area contributed by atoms with Crippen LogP contribution in [-0.2, 0) is 0 Å². The summed E-state index contributed by atoms with van der Waals surface area (Å²) in [6.45, 7) is 4.12. The number of nitrogens with one attached hydrogen (secondary N) is 1. The summed E-state index contributed by atoms with van der Waals surface area (Å²) >= 11 is 3.21. The predicted octanol–water partition coefficient (Wildman–Crippen LogP) is 4.40. The minimum Gasteiger partial charge on any atom is -0.302 e. The van der Waals surface area contributed by atoms with E-state index in [1.54, 1.807) is 18.3 Å². The standard InChI is InChI=1S/C15H16BrFN2/c1-10(12-6-7-14(17)13(16)9-12)19-11(2)15-5-3-4-8-18-15/h3-11,19H,1-2H3. The molecule has 2 rings (SSSR count). The Morgan fingerprint density at radius 2 is 1.95 bits per heavy atom. The topological polar surface area (TPSA) is 24.9 Å². The summed E-state index contributed by atoms with van der Waals surface area (Å²) in [5, 5.41) is 3.45. The molecule has 2 unspecified atom stereocenters. The van der Waals surface area contributed by atoms with Crippen LogP contribution in [0.5, 0.6) is 0 Å². The van der Waals surface area contributed by atoms with Gasteiger partial charge in [-0.25, -0.2) is 4.39 Å². The highest BCUT2D eigenvalue weighted by Gasteiger charge is 2.12. The highest BCUT2D eigenvalue weighted by atomic mass is 79.9. The van der Waals surface area contributed by atoms with Crippen molar-refractivity contribution in [3.8, 4) is 0 Å². The number of nitrogens with zero attached hydrogens (tertiary/aromatic N) is 1. The van der Waals surface area contributed by atoms with Crippen molar-refractivity contribution in [1.29, 1.82) is 0 Å². The van der Waals surface area contributed by atoms with Crippen molar-refractivity contribution in [2.45, 2.75) is 25.9 Å². The average molecular weight is 323 g/mol. The third-order valence-electron chi connectivity index (χ3n) is 3.08. The van der Waals surface area contributed by atoms with Gasteiger partial charge in [0.15, 0.2) is 0 Å². The fourth-order valence-corrected chi connectivity index (χ4v) is 2.37. The van der Waals surface area contributed by atoms with Gasteiger partial charge in [0.2, 0.25) is 0 Å². The van der Waals surface area contributed by atoms with E-state index in [9.17, 15) is 4.39 Å². The molecule has 2 nitrogen and oxygen atoms in total. The Kier molecular flexibility index (Phi) is 4.66. The van der Waals surface area contributed by atoms with Gasteiger partial charge in [0.05, 0.1) is 10.2 Å². The molecule has 1 N–H and O–H groups in total. The van der Waals surface area contributed by atoms with E-state index in [0.717, 1.165) is 11.3 Å². The minimum absolute atomic E-state index is 0.119. The Bertz CT molecular complexity index is 545. The van der Waals surface area contributed by atoms with Gasteiger partial charge in [-0.2, -0.15) is 0 Å². The van der Waals surface area contributed by atoms with Gasteiger partial charge in [-0.05, 0) is 59.6 Å². The van der Waals surface area contributed by atoms with Crippen LogP contribution < -0.4 is 5.32 Å². The van der Waals surface area contributed by atoms with E-state index in [4.69, 9.17) is 0 Å². The maximum atomic E-state index is 13.2. The van der Waals surface area contributed by atoms with Crippen molar-refractivity contribution in [3.05, 3.63) is 64.1 Å². The SMILES string of the molecule is CC(NC(C)c1ccccn1)c1ccc(F)c(Br)c1. The third kappa shape index (κ3) is 3.61. The van der Waals surface area contributed by atoms with Gasteiger partial charge in [0.1, 0.15) is 5.82 Å². The average Bonchev–Trinajstić information content (AvgIpc) is 2.42. The first kappa shape index (κ1) is 14.2. The first-order chi connectivity index (χ1) is 9.08. The summed E-state index contributed by atoms with van der Waals surface area (Å²) in [4.78, 5) is 4.33. The van der Waals surface area contributed by atoms with Gasteiger partial charge in [-0.3, -0.25) is 4.98 Å². The third-order valence-corrected chi connectivity index (χ3v) is 3.68. The van der Waals surface area contributed by atoms with Crippen LogP contribution in [0.4, 0.5) is 4.39 Å². The van der Waals surface area contributed by atoms with Crippen molar-refractivity contribution in [2.75, 3.05) is 0 Å². The van der Waals surface area contributed by atoms with E-state index in [1.165, 1.54) is 6.07 Å². The normalized spacial score (nSPS) is 14.1. The van der Waals surface area contributed by atoms with Crippen LogP contribution in [0.3, 0.4) is 0 Å². The lowest BCUT2D eigenvalue weighted by molar-refractivity contribution is 0.485. The molecule has 0 aliphatic carbocycles. The molecule has 0 fully saturated rings. The van der Waals surface area contributed by atoms with Crippen LogP contribution in [0.15, 0.2) is 47.1 Å². The number of hydrogen-bond donors (Lipinski definition) is 1. The molecule has 19 heavy (non-hydrogen) atoms. The highest BCUT2D eigenvalue weighted by Crippen LogP contribution is 2.23. The maximum absolute atomic E-state index is 13.2. The fourth-order valence-electron chi connectivity index (χ4n) is 1.97. The molecule has 0 saturated carbocycles. The summed E-state index contributed by atoms with van der Waals surface area (Å²) in [5.74, 6) is -0.242. The van der Waals surface area contributed by atoms with Crippen LogP contribution in [0.25, 0.3) is 0 Å². The Morgan fingerprint density at radius 1 is 1.16 bits per heavy atom. The summed E-state index contributed by atoms with van der Waals surface area (Å²) in [7, 11) is 0. The smallest absolute Gasteiger partial charge is 0.137 e. The molecular weight excluding hydrogens is 307 g/mol. The highest BCUT2D eigenvalue weighted by molar-refractivity contribution is 9.10. The summed E-state index contributed by atoms with van der Waals surface area (Å²) in [5.41, 5.74) is 2.03. The Labute approximate surface area is 121 Å². The number of benzene rings is 1. The molecule has 0 amide bonds. The quantitative estimate of drug-likeness (QED) is 0.902. The van der Waals surface area contributed by atoms with Crippen molar-refractivity contribution >= 4 is 15.9 Å². The van der Waals surface area contributed by atoms with Crippen LogP contribution in [0.1, 0.15) is 37.2 Å². The lowest BCUT2D eigenvalue weighted by Gasteiger charge is -2.20. The van der Waals surface area contributed by atoms with Crippen molar-refractivity contribution in [2.24, 2.45) is 0 Å². The lowest BCUT2D eigenvalue weighted by atomic mass is 10.1. The molecule has 1 aromatic carbocycles. The minimum atomic E-state index is -0.242. The first-order valence-electron chi connectivity index (χ1n) is 6.20.